The van der Waals surface area contributed by atoms with Crippen molar-refractivity contribution < 1.29 is 19.4 Å². The fourth-order valence-electron chi connectivity index (χ4n) is 3.33. The second-order valence-corrected chi connectivity index (χ2v) is 6.92. The summed E-state index contributed by atoms with van der Waals surface area (Å²) in [5, 5.41) is 12.7. The van der Waals surface area contributed by atoms with Crippen LogP contribution in [-0.4, -0.2) is 36.2 Å². The molecule has 1 fully saturated rings. The first-order valence-electron chi connectivity index (χ1n) is 8.47. The number of ether oxygens (including phenoxy) is 1. The Morgan fingerprint density at radius 1 is 1.32 bits per heavy atom. The first-order valence-corrected chi connectivity index (χ1v) is 8.47. The Kier molecular flexibility index (Phi) is 7.87. The molecule has 1 aliphatic carbocycles. The molecule has 22 heavy (non-hydrogen) atoms. The van der Waals surface area contributed by atoms with E-state index in [1.54, 1.807) is 0 Å². The molecular weight excluding hydrogens is 282 g/mol. The summed E-state index contributed by atoms with van der Waals surface area (Å²) in [6.07, 6.45) is 3.31. The standard InChI is InChI=1S/C17H31NO4/c1-5-22-17(21)15-7-6-14(9-12(15)4)18-10-13(16(19)20)8-11(2)3/h11-15,18H,5-10H2,1-4H3,(H,19,20). The van der Waals surface area contributed by atoms with E-state index >= 15 is 0 Å². The first-order chi connectivity index (χ1) is 10.3. The van der Waals surface area contributed by atoms with Crippen LogP contribution in [0.15, 0.2) is 0 Å². The zero-order valence-corrected chi connectivity index (χ0v) is 14.3. The average molecular weight is 313 g/mol. The number of carbonyl (C=O) groups is 2. The molecule has 4 atom stereocenters. The average Bonchev–Trinajstić information content (AvgIpc) is 2.43. The van der Waals surface area contributed by atoms with Crippen LogP contribution in [0.2, 0.25) is 0 Å². The number of nitrogens with one attached hydrogen (secondary N) is 1. The molecule has 0 aliphatic heterocycles. The Bertz CT molecular complexity index is 370. The molecule has 0 aromatic carbocycles. The van der Waals surface area contributed by atoms with Crippen LogP contribution in [-0.2, 0) is 14.3 Å². The Balaban J connectivity index is 2.43. The fourth-order valence-corrected chi connectivity index (χ4v) is 3.33. The van der Waals surface area contributed by atoms with E-state index in [2.05, 4.69) is 12.2 Å². The van der Waals surface area contributed by atoms with Gasteiger partial charge in [-0.2, -0.15) is 0 Å². The largest absolute Gasteiger partial charge is 0.481 e. The van der Waals surface area contributed by atoms with Gasteiger partial charge in [0.05, 0.1) is 18.4 Å². The summed E-state index contributed by atoms with van der Waals surface area (Å²) in [7, 11) is 0. The highest BCUT2D eigenvalue weighted by molar-refractivity contribution is 5.73. The smallest absolute Gasteiger partial charge is 0.309 e. The van der Waals surface area contributed by atoms with Gasteiger partial charge in [-0.05, 0) is 44.4 Å². The van der Waals surface area contributed by atoms with Crippen molar-refractivity contribution in [2.24, 2.45) is 23.7 Å². The van der Waals surface area contributed by atoms with Crippen molar-refractivity contribution in [1.82, 2.24) is 5.32 Å². The zero-order valence-electron chi connectivity index (χ0n) is 14.3. The van der Waals surface area contributed by atoms with Gasteiger partial charge in [-0.1, -0.05) is 20.8 Å². The van der Waals surface area contributed by atoms with E-state index in [9.17, 15) is 14.7 Å². The van der Waals surface area contributed by atoms with Gasteiger partial charge < -0.3 is 15.2 Å². The molecule has 0 aromatic rings. The van der Waals surface area contributed by atoms with E-state index < -0.39 is 5.97 Å². The first kappa shape index (κ1) is 18.9. The normalized spacial score (nSPS) is 26.7. The molecule has 1 aliphatic rings. The van der Waals surface area contributed by atoms with Crippen molar-refractivity contribution in [2.45, 2.75) is 59.4 Å². The number of carbonyl (C=O) groups excluding carboxylic acids is 1. The number of aliphatic carboxylic acids is 1. The molecule has 0 heterocycles. The Labute approximate surface area is 133 Å². The van der Waals surface area contributed by atoms with Gasteiger partial charge in [0.1, 0.15) is 0 Å². The lowest BCUT2D eigenvalue weighted by molar-refractivity contribution is -0.151. The van der Waals surface area contributed by atoms with Gasteiger partial charge in [-0.15, -0.1) is 0 Å². The summed E-state index contributed by atoms with van der Waals surface area (Å²) in [5.41, 5.74) is 0. The lowest BCUT2D eigenvalue weighted by atomic mass is 9.78. The van der Waals surface area contributed by atoms with Crippen LogP contribution >= 0.6 is 0 Å². The fraction of sp³-hybridized carbons (Fsp3) is 0.882. The van der Waals surface area contributed by atoms with Gasteiger partial charge in [-0.3, -0.25) is 9.59 Å². The van der Waals surface area contributed by atoms with Crippen LogP contribution in [0.25, 0.3) is 0 Å². The van der Waals surface area contributed by atoms with Crippen LogP contribution in [0.4, 0.5) is 0 Å². The van der Waals surface area contributed by atoms with Gasteiger partial charge >= 0.3 is 11.9 Å². The molecule has 2 N–H and O–H groups in total. The highest BCUT2D eigenvalue weighted by Gasteiger charge is 2.33. The summed E-state index contributed by atoms with van der Waals surface area (Å²) in [6, 6.07) is 0.301. The Hall–Kier alpha value is -1.10. The quantitative estimate of drug-likeness (QED) is 0.674. The predicted molar refractivity (Wildman–Crippen MR) is 85.5 cm³/mol. The summed E-state index contributed by atoms with van der Waals surface area (Å²) in [4.78, 5) is 23.2. The third-order valence-corrected chi connectivity index (χ3v) is 4.52. The molecule has 0 amide bonds. The van der Waals surface area contributed by atoms with Crippen molar-refractivity contribution in [3.8, 4) is 0 Å². The number of esters is 1. The van der Waals surface area contributed by atoms with Gasteiger partial charge in [0.15, 0.2) is 0 Å². The summed E-state index contributed by atoms with van der Waals surface area (Å²) >= 11 is 0. The third-order valence-electron chi connectivity index (χ3n) is 4.52. The van der Waals surface area contributed by atoms with E-state index in [0.29, 0.717) is 31.5 Å². The second kappa shape index (κ2) is 9.13. The number of rotatable bonds is 8. The van der Waals surface area contributed by atoms with Crippen LogP contribution < -0.4 is 5.32 Å². The van der Waals surface area contributed by atoms with Crippen LogP contribution in [0, 0.1) is 23.7 Å². The predicted octanol–water partition coefficient (Wildman–Crippen LogP) is 2.69. The van der Waals surface area contributed by atoms with Crippen molar-refractivity contribution >= 4 is 11.9 Å². The van der Waals surface area contributed by atoms with Crippen molar-refractivity contribution in [3.63, 3.8) is 0 Å². The van der Waals surface area contributed by atoms with Crippen LogP contribution in [0.3, 0.4) is 0 Å². The molecule has 128 valence electrons. The molecule has 5 nitrogen and oxygen atoms in total. The molecule has 0 saturated heterocycles. The molecule has 0 aromatic heterocycles. The minimum Gasteiger partial charge on any atom is -0.481 e. The lowest BCUT2D eigenvalue weighted by Gasteiger charge is -2.33. The summed E-state index contributed by atoms with van der Waals surface area (Å²) in [5.74, 6) is -0.506. The minimum absolute atomic E-state index is 0.0102. The zero-order chi connectivity index (χ0) is 16.7. The molecule has 4 unspecified atom stereocenters. The molecule has 0 spiro atoms. The maximum absolute atomic E-state index is 11.9. The molecule has 0 radical (unpaired) electrons. The highest BCUT2D eigenvalue weighted by atomic mass is 16.5. The van der Waals surface area contributed by atoms with Crippen molar-refractivity contribution in [1.29, 1.82) is 0 Å². The van der Waals surface area contributed by atoms with Crippen molar-refractivity contribution in [2.75, 3.05) is 13.2 Å². The van der Waals surface area contributed by atoms with E-state index in [1.807, 2.05) is 20.8 Å². The van der Waals surface area contributed by atoms with Gasteiger partial charge in [-0.25, -0.2) is 0 Å². The molecule has 5 heteroatoms. The number of carboxylic acids is 1. The van der Waals surface area contributed by atoms with Crippen molar-refractivity contribution in [3.05, 3.63) is 0 Å². The van der Waals surface area contributed by atoms with E-state index in [1.165, 1.54) is 0 Å². The maximum Gasteiger partial charge on any atom is 0.309 e. The third kappa shape index (κ3) is 5.95. The molecule has 1 rings (SSSR count). The van der Waals surface area contributed by atoms with Gasteiger partial charge in [0.25, 0.3) is 0 Å². The van der Waals surface area contributed by atoms with Crippen LogP contribution in [0.1, 0.15) is 53.4 Å². The Morgan fingerprint density at radius 3 is 2.50 bits per heavy atom. The number of hydrogen-bond donors (Lipinski definition) is 2. The summed E-state index contributed by atoms with van der Waals surface area (Å²) < 4.78 is 5.12. The number of hydrogen-bond acceptors (Lipinski definition) is 4. The minimum atomic E-state index is -0.727. The maximum atomic E-state index is 11.9. The molecular formula is C17H31NO4. The highest BCUT2D eigenvalue weighted by Crippen LogP contribution is 2.31. The van der Waals surface area contributed by atoms with Crippen LogP contribution in [0.5, 0.6) is 0 Å². The number of carboxylic acid groups (broad SMARTS) is 1. The molecule has 0 bridgehead atoms. The summed E-state index contributed by atoms with van der Waals surface area (Å²) in [6.45, 7) is 8.94. The lowest BCUT2D eigenvalue weighted by Crippen LogP contribution is -2.42. The van der Waals surface area contributed by atoms with Gasteiger partial charge in [0, 0.05) is 12.6 Å². The second-order valence-electron chi connectivity index (χ2n) is 6.92. The SMILES string of the molecule is CCOC(=O)C1CCC(NCC(CC(C)C)C(=O)O)CC1C. The topological polar surface area (TPSA) is 75.6 Å². The van der Waals surface area contributed by atoms with Gasteiger partial charge in [0.2, 0.25) is 0 Å². The Morgan fingerprint density at radius 2 is 2.00 bits per heavy atom. The van der Waals surface area contributed by atoms with E-state index in [4.69, 9.17) is 4.74 Å². The molecule has 1 saturated carbocycles. The van der Waals surface area contributed by atoms with E-state index in [0.717, 1.165) is 19.3 Å². The monoisotopic (exact) mass is 313 g/mol. The van der Waals surface area contributed by atoms with E-state index in [-0.39, 0.29) is 23.7 Å².